The fraction of sp³-hybridized carbons (Fsp3) is 0.381. The van der Waals surface area contributed by atoms with E-state index in [-0.39, 0.29) is 44.9 Å². The summed E-state index contributed by atoms with van der Waals surface area (Å²) in [5, 5.41) is 21.1. The lowest BCUT2D eigenvalue weighted by Gasteiger charge is -2.44. The summed E-state index contributed by atoms with van der Waals surface area (Å²) in [5.41, 5.74) is 0.0832. The number of hydrogen-bond acceptors (Lipinski definition) is 8. The number of methoxy groups -OCH3 is 2. The minimum absolute atomic E-state index is 0.0213. The van der Waals surface area contributed by atoms with Gasteiger partial charge >= 0.3 is 0 Å². The molecule has 2 aromatic carbocycles. The van der Waals surface area contributed by atoms with Crippen molar-refractivity contribution in [1.82, 2.24) is 0 Å². The van der Waals surface area contributed by atoms with Gasteiger partial charge in [0.05, 0.1) is 25.9 Å². The lowest BCUT2D eigenvalue weighted by molar-refractivity contribution is -0.243. The van der Waals surface area contributed by atoms with E-state index in [1.807, 2.05) is 6.92 Å². The maximum absolute atomic E-state index is 13.4. The fourth-order valence-corrected chi connectivity index (χ4v) is 4.40. The zero-order chi connectivity index (χ0) is 20.5. The second kappa shape index (κ2) is 5.93. The molecular formula is C21H20O8. The number of benzene rings is 2. The molecule has 2 aliphatic heterocycles. The van der Waals surface area contributed by atoms with Crippen LogP contribution in [0.5, 0.6) is 28.7 Å². The first-order valence-electron chi connectivity index (χ1n) is 9.34. The van der Waals surface area contributed by atoms with E-state index < -0.39 is 17.3 Å². The lowest BCUT2D eigenvalue weighted by Crippen LogP contribution is -2.43. The van der Waals surface area contributed by atoms with Crippen molar-refractivity contribution in [3.63, 3.8) is 0 Å². The molecule has 8 nitrogen and oxygen atoms in total. The van der Waals surface area contributed by atoms with Crippen LogP contribution >= 0.6 is 0 Å². The molecule has 3 aromatic rings. The number of phenolic OH excluding ortho intramolecular Hbond substituents is 2. The third-order valence-corrected chi connectivity index (χ3v) is 5.68. The number of aromatic hydroxyl groups is 2. The van der Waals surface area contributed by atoms with Crippen LogP contribution < -0.4 is 19.6 Å². The van der Waals surface area contributed by atoms with E-state index in [0.29, 0.717) is 24.2 Å². The standard InChI is InChI=1S/C21H20O8/c1-21-8-4-5-11(28-21)13-16(24)14-15(23)12-10(7-6-9(22)17(12)25-2)27-18(14)20(26-3)19(13)29-21/h6-7,11,22,24H,4-5,8H2,1-3H3/t11-,21+/m0/s1. The molecule has 8 heteroatoms. The Balaban J connectivity index is 1.96. The van der Waals surface area contributed by atoms with Crippen LogP contribution in [0.4, 0.5) is 0 Å². The molecule has 2 atom stereocenters. The van der Waals surface area contributed by atoms with Crippen molar-refractivity contribution in [3.8, 4) is 28.7 Å². The molecule has 2 aliphatic rings. The number of hydrogen-bond donors (Lipinski definition) is 2. The van der Waals surface area contributed by atoms with Gasteiger partial charge in [0.25, 0.3) is 0 Å². The molecule has 1 aromatic heterocycles. The van der Waals surface area contributed by atoms with E-state index in [0.717, 1.165) is 6.42 Å². The highest BCUT2D eigenvalue weighted by Gasteiger charge is 2.45. The minimum Gasteiger partial charge on any atom is -0.506 e. The number of rotatable bonds is 2. The van der Waals surface area contributed by atoms with Gasteiger partial charge in [0.1, 0.15) is 22.1 Å². The predicted octanol–water partition coefficient (Wildman–Crippen LogP) is 3.72. The predicted molar refractivity (Wildman–Crippen MR) is 103 cm³/mol. The van der Waals surface area contributed by atoms with Gasteiger partial charge in [0.15, 0.2) is 22.8 Å². The van der Waals surface area contributed by atoms with Gasteiger partial charge in [-0.2, -0.15) is 0 Å². The monoisotopic (exact) mass is 400 g/mol. The van der Waals surface area contributed by atoms with Crippen LogP contribution in [0.25, 0.3) is 21.9 Å². The van der Waals surface area contributed by atoms with Crippen molar-refractivity contribution in [1.29, 1.82) is 0 Å². The van der Waals surface area contributed by atoms with E-state index in [4.69, 9.17) is 23.4 Å². The van der Waals surface area contributed by atoms with E-state index in [1.165, 1.54) is 26.4 Å². The first-order chi connectivity index (χ1) is 13.9. The quantitative estimate of drug-likeness (QED) is 0.627. The van der Waals surface area contributed by atoms with Crippen molar-refractivity contribution in [2.24, 2.45) is 0 Å². The van der Waals surface area contributed by atoms with Crippen LogP contribution in [-0.2, 0) is 4.74 Å². The van der Waals surface area contributed by atoms with Gasteiger partial charge in [-0.15, -0.1) is 0 Å². The van der Waals surface area contributed by atoms with Gasteiger partial charge in [-0.05, 0) is 25.0 Å². The molecule has 5 rings (SSSR count). The zero-order valence-corrected chi connectivity index (χ0v) is 16.2. The molecule has 0 saturated carbocycles. The topological polar surface area (TPSA) is 108 Å². The number of phenols is 2. The van der Waals surface area contributed by atoms with Gasteiger partial charge in [0, 0.05) is 13.3 Å². The lowest BCUT2D eigenvalue weighted by atomic mass is 9.91. The van der Waals surface area contributed by atoms with Crippen molar-refractivity contribution in [3.05, 3.63) is 27.9 Å². The Bertz CT molecular complexity index is 1230. The van der Waals surface area contributed by atoms with Crippen LogP contribution in [0.2, 0.25) is 0 Å². The van der Waals surface area contributed by atoms with E-state index in [9.17, 15) is 15.0 Å². The van der Waals surface area contributed by atoms with Gasteiger partial charge in [-0.1, -0.05) is 0 Å². The normalized spacial score (nSPS) is 22.9. The molecule has 0 spiro atoms. The molecule has 29 heavy (non-hydrogen) atoms. The first-order valence-corrected chi connectivity index (χ1v) is 9.34. The Morgan fingerprint density at radius 1 is 1.14 bits per heavy atom. The molecular weight excluding hydrogens is 380 g/mol. The van der Waals surface area contributed by atoms with Crippen molar-refractivity contribution in [2.45, 2.75) is 38.1 Å². The Hall–Kier alpha value is -3.13. The molecule has 2 bridgehead atoms. The van der Waals surface area contributed by atoms with Crippen molar-refractivity contribution < 1.29 is 33.6 Å². The maximum Gasteiger partial charge on any atom is 0.208 e. The second-order valence-corrected chi connectivity index (χ2v) is 7.49. The summed E-state index contributed by atoms with van der Waals surface area (Å²) in [7, 11) is 2.79. The molecule has 2 N–H and O–H groups in total. The highest BCUT2D eigenvalue weighted by molar-refractivity contribution is 6.01. The molecule has 3 heterocycles. The average molecular weight is 400 g/mol. The molecule has 1 fully saturated rings. The molecule has 0 radical (unpaired) electrons. The summed E-state index contributed by atoms with van der Waals surface area (Å²) in [4.78, 5) is 13.4. The third-order valence-electron chi connectivity index (χ3n) is 5.68. The Labute approximate surface area is 165 Å². The summed E-state index contributed by atoms with van der Waals surface area (Å²) in [5.74, 6) is -0.789. The van der Waals surface area contributed by atoms with Crippen LogP contribution in [0.3, 0.4) is 0 Å². The molecule has 0 unspecified atom stereocenters. The summed E-state index contributed by atoms with van der Waals surface area (Å²) in [6, 6.07) is 2.83. The van der Waals surface area contributed by atoms with Crippen LogP contribution in [0.1, 0.15) is 37.9 Å². The van der Waals surface area contributed by atoms with Crippen LogP contribution in [-0.4, -0.2) is 30.2 Å². The fourth-order valence-electron chi connectivity index (χ4n) is 4.40. The van der Waals surface area contributed by atoms with Gasteiger partial charge in [-0.25, -0.2) is 0 Å². The largest absolute Gasteiger partial charge is 0.506 e. The third kappa shape index (κ3) is 2.32. The molecule has 1 saturated heterocycles. The van der Waals surface area contributed by atoms with Crippen molar-refractivity contribution in [2.75, 3.05) is 14.2 Å². The van der Waals surface area contributed by atoms with Gasteiger partial charge in [-0.3, -0.25) is 4.79 Å². The summed E-state index contributed by atoms with van der Waals surface area (Å²) >= 11 is 0. The average Bonchev–Trinajstić information content (AvgIpc) is 2.68. The Kier molecular flexibility index (Phi) is 3.67. The first kappa shape index (κ1) is 17.9. The maximum atomic E-state index is 13.4. The van der Waals surface area contributed by atoms with Gasteiger partial charge in [0.2, 0.25) is 17.0 Å². The zero-order valence-electron chi connectivity index (χ0n) is 16.2. The molecule has 0 aliphatic carbocycles. The smallest absolute Gasteiger partial charge is 0.208 e. The number of fused-ring (bicyclic) bond motifs is 6. The van der Waals surface area contributed by atoms with E-state index >= 15 is 0 Å². The molecule has 0 amide bonds. The SMILES string of the molecule is COc1c2c(c(O)c3c(=O)c4c(OC)c(O)ccc4oc13)[C@@H]1CCC[C@@](C)(O2)O1. The van der Waals surface area contributed by atoms with Crippen molar-refractivity contribution >= 4 is 21.9 Å². The minimum atomic E-state index is -0.838. The van der Waals surface area contributed by atoms with Crippen LogP contribution in [0.15, 0.2) is 21.3 Å². The van der Waals surface area contributed by atoms with E-state index in [2.05, 4.69) is 0 Å². The Morgan fingerprint density at radius 2 is 1.90 bits per heavy atom. The van der Waals surface area contributed by atoms with E-state index in [1.54, 1.807) is 0 Å². The number of ether oxygens (including phenoxy) is 4. The highest BCUT2D eigenvalue weighted by atomic mass is 16.7. The van der Waals surface area contributed by atoms with Gasteiger partial charge < -0.3 is 33.6 Å². The summed E-state index contributed by atoms with van der Waals surface area (Å²) in [6.45, 7) is 1.84. The summed E-state index contributed by atoms with van der Waals surface area (Å²) < 4.78 is 28.8. The second-order valence-electron chi connectivity index (χ2n) is 7.49. The molecule has 152 valence electrons. The summed E-state index contributed by atoms with van der Waals surface area (Å²) in [6.07, 6.45) is 1.80. The highest BCUT2D eigenvalue weighted by Crippen LogP contribution is 2.56. The Morgan fingerprint density at radius 3 is 2.62 bits per heavy atom. The van der Waals surface area contributed by atoms with Crippen LogP contribution in [0, 0.1) is 0 Å².